The third kappa shape index (κ3) is 6.04. The van der Waals surface area contributed by atoms with Crippen LogP contribution in [0.1, 0.15) is 37.0 Å². The van der Waals surface area contributed by atoms with Gasteiger partial charge in [-0.05, 0) is 51.8 Å². The minimum Gasteiger partial charge on any atom is -0.468 e. The van der Waals surface area contributed by atoms with Gasteiger partial charge in [-0.2, -0.15) is 0 Å². The predicted octanol–water partition coefficient (Wildman–Crippen LogP) is 3.90. The number of nitrogens with zero attached hydrogens (tertiary/aromatic N) is 1. The van der Waals surface area contributed by atoms with Gasteiger partial charge in [0.2, 0.25) is 0 Å². The highest BCUT2D eigenvalue weighted by Gasteiger charge is 2.10. The summed E-state index contributed by atoms with van der Waals surface area (Å²) in [4.78, 5) is 3.75. The molecule has 0 saturated carbocycles. The largest absolute Gasteiger partial charge is 0.468 e. The van der Waals surface area contributed by atoms with Gasteiger partial charge in [-0.15, -0.1) is 11.3 Å². The van der Waals surface area contributed by atoms with Crippen LogP contribution in [0.2, 0.25) is 0 Å². The van der Waals surface area contributed by atoms with Crippen molar-refractivity contribution in [1.29, 1.82) is 0 Å². The Kier molecular flexibility index (Phi) is 5.62. The van der Waals surface area contributed by atoms with E-state index in [0.717, 1.165) is 31.8 Å². The fraction of sp³-hybridized carbons (Fsp3) is 0.529. The molecule has 2 heterocycles. The fourth-order valence-corrected chi connectivity index (χ4v) is 2.77. The zero-order chi connectivity index (χ0) is 15.3. The van der Waals surface area contributed by atoms with E-state index in [1.807, 2.05) is 17.6 Å². The number of furan rings is 1. The molecular weight excluding hydrogens is 280 g/mol. The predicted molar refractivity (Wildman–Crippen MR) is 89.7 cm³/mol. The monoisotopic (exact) mass is 306 g/mol. The van der Waals surface area contributed by atoms with Crippen LogP contribution in [0.25, 0.3) is 0 Å². The zero-order valence-electron chi connectivity index (χ0n) is 13.5. The molecule has 0 fully saturated rings. The van der Waals surface area contributed by atoms with Gasteiger partial charge in [0.15, 0.2) is 0 Å². The summed E-state index contributed by atoms with van der Waals surface area (Å²) in [6.07, 6.45) is 2.97. The van der Waals surface area contributed by atoms with Gasteiger partial charge in [0.1, 0.15) is 5.76 Å². The van der Waals surface area contributed by atoms with E-state index in [-0.39, 0.29) is 5.54 Å². The Morgan fingerprint density at radius 2 is 2.14 bits per heavy atom. The molecule has 0 aliphatic carbocycles. The molecular formula is C17H26N2OS. The summed E-state index contributed by atoms with van der Waals surface area (Å²) in [5.41, 5.74) is 1.35. The van der Waals surface area contributed by atoms with Crippen molar-refractivity contribution in [2.24, 2.45) is 0 Å². The number of nitrogens with one attached hydrogen (secondary N) is 1. The average molecular weight is 306 g/mol. The molecule has 0 unspecified atom stereocenters. The van der Waals surface area contributed by atoms with Crippen molar-refractivity contribution in [3.63, 3.8) is 0 Å². The molecule has 0 amide bonds. The molecule has 1 N–H and O–H groups in total. The SMILES string of the molecule is CN(CCc1cccs1)Cc1cc(CNC(C)(C)C)co1. The lowest BCUT2D eigenvalue weighted by atomic mass is 10.1. The molecule has 0 aliphatic rings. The molecule has 4 heteroatoms. The first-order valence-corrected chi connectivity index (χ1v) is 8.32. The summed E-state index contributed by atoms with van der Waals surface area (Å²) in [7, 11) is 2.14. The maximum absolute atomic E-state index is 5.66. The van der Waals surface area contributed by atoms with E-state index in [0.29, 0.717) is 0 Å². The van der Waals surface area contributed by atoms with Gasteiger partial charge in [0, 0.05) is 29.1 Å². The van der Waals surface area contributed by atoms with Gasteiger partial charge in [0.05, 0.1) is 12.8 Å². The molecule has 21 heavy (non-hydrogen) atoms. The lowest BCUT2D eigenvalue weighted by molar-refractivity contribution is 0.299. The Bertz CT molecular complexity index is 525. The fourth-order valence-electron chi connectivity index (χ4n) is 2.07. The van der Waals surface area contributed by atoms with Crippen LogP contribution in [-0.2, 0) is 19.5 Å². The van der Waals surface area contributed by atoms with Crippen LogP contribution in [0.3, 0.4) is 0 Å². The second-order valence-corrected chi connectivity index (χ2v) is 7.62. The van der Waals surface area contributed by atoms with Crippen molar-refractivity contribution < 1.29 is 4.42 Å². The average Bonchev–Trinajstić information content (AvgIpc) is 3.04. The van der Waals surface area contributed by atoms with Crippen molar-refractivity contribution in [3.8, 4) is 0 Å². The lowest BCUT2D eigenvalue weighted by Crippen LogP contribution is -2.34. The molecule has 0 radical (unpaired) electrons. The maximum atomic E-state index is 5.66. The van der Waals surface area contributed by atoms with Crippen LogP contribution in [0.15, 0.2) is 34.3 Å². The van der Waals surface area contributed by atoms with Gasteiger partial charge >= 0.3 is 0 Å². The summed E-state index contributed by atoms with van der Waals surface area (Å²) in [5.74, 6) is 1.04. The standard InChI is InChI=1S/C17H26N2OS/c1-17(2,3)18-11-14-10-15(20-13-14)12-19(4)8-7-16-6-5-9-21-16/h5-6,9-10,13,18H,7-8,11-12H2,1-4H3. The van der Waals surface area contributed by atoms with E-state index in [2.05, 4.69) is 61.6 Å². The Balaban J connectivity index is 1.76. The van der Waals surface area contributed by atoms with Crippen molar-refractivity contribution in [2.45, 2.75) is 45.8 Å². The molecule has 0 atom stereocenters. The Morgan fingerprint density at radius 1 is 1.33 bits per heavy atom. The second kappa shape index (κ2) is 7.25. The van der Waals surface area contributed by atoms with E-state index in [4.69, 9.17) is 4.42 Å². The first kappa shape index (κ1) is 16.3. The molecule has 0 bridgehead atoms. The van der Waals surface area contributed by atoms with Crippen LogP contribution in [0, 0.1) is 0 Å². The van der Waals surface area contributed by atoms with E-state index in [9.17, 15) is 0 Å². The lowest BCUT2D eigenvalue weighted by Gasteiger charge is -2.19. The summed E-state index contributed by atoms with van der Waals surface area (Å²) in [5, 5.41) is 5.61. The topological polar surface area (TPSA) is 28.4 Å². The van der Waals surface area contributed by atoms with E-state index in [1.54, 1.807) is 0 Å². The Hall–Kier alpha value is -1.10. The maximum Gasteiger partial charge on any atom is 0.118 e. The van der Waals surface area contributed by atoms with Crippen LogP contribution >= 0.6 is 11.3 Å². The Morgan fingerprint density at radius 3 is 2.81 bits per heavy atom. The van der Waals surface area contributed by atoms with Crippen molar-refractivity contribution in [1.82, 2.24) is 10.2 Å². The van der Waals surface area contributed by atoms with E-state index < -0.39 is 0 Å². The highest BCUT2D eigenvalue weighted by molar-refractivity contribution is 7.09. The molecule has 2 aromatic rings. The van der Waals surface area contributed by atoms with Crippen LogP contribution in [0.4, 0.5) is 0 Å². The molecule has 2 aromatic heterocycles. The molecule has 0 aromatic carbocycles. The summed E-state index contributed by atoms with van der Waals surface area (Å²) < 4.78 is 5.66. The molecule has 0 aliphatic heterocycles. The Labute approximate surface area is 132 Å². The van der Waals surface area contributed by atoms with Gasteiger partial charge in [-0.25, -0.2) is 0 Å². The summed E-state index contributed by atoms with van der Waals surface area (Å²) in [6.45, 7) is 9.29. The van der Waals surface area contributed by atoms with Crippen LogP contribution < -0.4 is 5.32 Å². The first-order chi connectivity index (χ1) is 9.92. The normalized spacial score (nSPS) is 12.2. The third-order valence-corrected chi connectivity index (χ3v) is 4.21. The third-order valence-electron chi connectivity index (χ3n) is 3.28. The smallest absolute Gasteiger partial charge is 0.118 e. The van der Waals surface area contributed by atoms with Crippen molar-refractivity contribution >= 4 is 11.3 Å². The molecule has 0 spiro atoms. The second-order valence-electron chi connectivity index (χ2n) is 6.59. The van der Waals surface area contributed by atoms with E-state index >= 15 is 0 Å². The van der Waals surface area contributed by atoms with Gasteiger partial charge in [-0.3, -0.25) is 4.90 Å². The van der Waals surface area contributed by atoms with Crippen LogP contribution in [-0.4, -0.2) is 24.0 Å². The highest BCUT2D eigenvalue weighted by Crippen LogP contribution is 2.13. The quantitative estimate of drug-likeness (QED) is 0.841. The van der Waals surface area contributed by atoms with Gasteiger partial charge in [-0.1, -0.05) is 6.07 Å². The first-order valence-electron chi connectivity index (χ1n) is 7.44. The number of hydrogen-bond acceptors (Lipinski definition) is 4. The summed E-state index contributed by atoms with van der Waals surface area (Å²) in [6, 6.07) is 6.46. The number of thiophene rings is 1. The van der Waals surface area contributed by atoms with Crippen LogP contribution in [0.5, 0.6) is 0 Å². The number of rotatable bonds is 7. The minimum absolute atomic E-state index is 0.134. The molecule has 2 rings (SSSR count). The zero-order valence-corrected chi connectivity index (χ0v) is 14.3. The highest BCUT2D eigenvalue weighted by atomic mass is 32.1. The molecule has 0 saturated heterocycles. The van der Waals surface area contributed by atoms with Crippen molar-refractivity contribution in [2.75, 3.05) is 13.6 Å². The molecule has 3 nitrogen and oxygen atoms in total. The number of hydrogen-bond donors (Lipinski definition) is 1. The minimum atomic E-state index is 0.134. The summed E-state index contributed by atoms with van der Waals surface area (Å²) >= 11 is 1.83. The van der Waals surface area contributed by atoms with Crippen molar-refractivity contribution in [3.05, 3.63) is 46.0 Å². The number of likely N-dealkylation sites (N-methyl/N-ethyl adjacent to an activating group) is 1. The van der Waals surface area contributed by atoms with E-state index in [1.165, 1.54) is 10.4 Å². The van der Waals surface area contributed by atoms with Gasteiger partial charge in [0.25, 0.3) is 0 Å². The van der Waals surface area contributed by atoms with Gasteiger partial charge < -0.3 is 9.73 Å². The molecule has 116 valence electrons.